The lowest BCUT2D eigenvalue weighted by Gasteiger charge is -2.32. The van der Waals surface area contributed by atoms with E-state index in [9.17, 15) is 4.79 Å². The highest BCUT2D eigenvalue weighted by Crippen LogP contribution is 2.30. The van der Waals surface area contributed by atoms with Gasteiger partial charge in [0.15, 0.2) is 5.65 Å². The summed E-state index contributed by atoms with van der Waals surface area (Å²) in [4.78, 5) is 15.6. The fourth-order valence-electron chi connectivity index (χ4n) is 3.16. The fraction of sp³-hybridized carbons (Fsp3) is 0.615. The van der Waals surface area contributed by atoms with E-state index in [0.717, 1.165) is 17.7 Å². The van der Waals surface area contributed by atoms with Crippen LogP contribution in [0.5, 0.6) is 0 Å². The van der Waals surface area contributed by atoms with E-state index in [4.69, 9.17) is 0 Å². The van der Waals surface area contributed by atoms with Crippen molar-refractivity contribution in [2.45, 2.75) is 39.2 Å². The summed E-state index contributed by atoms with van der Waals surface area (Å²) in [5, 5.41) is 9.82. The van der Waals surface area contributed by atoms with Crippen molar-refractivity contribution in [1.82, 2.24) is 19.6 Å². The second kappa shape index (κ2) is 4.68. The molecule has 0 radical (unpaired) electrons. The van der Waals surface area contributed by atoms with Gasteiger partial charge in [-0.3, -0.25) is 0 Å². The van der Waals surface area contributed by atoms with Crippen LogP contribution >= 0.6 is 0 Å². The van der Waals surface area contributed by atoms with Gasteiger partial charge in [-0.15, -0.1) is 0 Å². The average Bonchev–Trinajstić information content (AvgIpc) is 2.69. The van der Waals surface area contributed by atoms with Crippen LogP contribution in [-0.2, 0) is 0 Å². The number of anilines is 1. The van der Waals surface area contributed by atoms with Crippen molar-refractivity contribution < 1.29 is 0 Å². The Balaban J connectivity index is 1.79. The maximum Gasteiger partial charge on any atom is 0.348 e. The number of nitrogens with zero attached hydrogens (tertiary/aromatic N) is 3. The molecular weight excluding hydrogens is 242 g/mol. The van der Waals surface area contributed by atoms with Crippen molar-refractivity contribution >= 4 is 11.5 Å². The van der Waals surface area contributed by atoms with Crippen LogP contribution < -0.4 is 11.0 Å². The van der Waals surface area contributed by atoms with E-state index in [2.05, 4.69) is 34.3 Å². The van der Waals surface area contributed by atoms with Gasteiger partial charge in [0.05, 0.1) is 0 Å². The van der Waals surface area contributed by atoms with Crippen molar-refractivity contribution in [3.05, 3.63) is 22.9 Å². The van der Waals surface area contributed by atoms with E-state index in [1.807, 2.05) is 6.07 Å². The monoisotopic (exact) mass is 261 g/mol. The summed E-state index contributed by atoms with van der Waals surface area (Å²) in [6.45, 7) is 4.60. The highest BCUT2D eigenvalue weighted by Gasteiger charge is 2.24. The first-order valence-electron chi connectivity index (χ1n) is 6.81. The van der Waals surface area contributed by atoms with Crippen molar-refractivity contribution in [2.24, 2.45) is 11.8 Å². The van der Waals surface area contributed by atoms with Gasteiger partial charge in [-0.25, -0.2) is 19.3 Å². The number of fused-ring (bicyclic) bond motifs is 1. The van der Waals surface area contributed by atoms with Gasteiger partial charge in [-0.05, 0) is 31.1 Å². The second-order valence-corrected chi connectivity index (χ2v) is 5.79. The Morgan fingerprint density at radius 2 is 2.05 bits per heavy atom. The maximum atomic E-state index is 11.4. The second-order valence-electron chi connectivity index (χ2n) is 5.79. The van der Waals surface area contributed by atoms with Crippen molar-refractivity contribution in [1.29, 1.82) is 0 Å². The van der Waals surface area contributed by atoms with E-state index >= 15 is 0 Å². The van der Waals surface area contributed by atoms with Crippen LogP contribution in [0.3, 0.4) is 0 Å². The van der Waals surface area contributed by atoms with Gasteiger partial charge in [-0.1, -0.05) is 13.8 Å². The zero-order valence-corrected chi connectivity index (χ0v) is 11.3. The molecule has 3 rings (SSSR count). The topological polar surface area (TPSA) is 75.1 Å². The molecule has 0 amide bonds. The minimum Gasteiger partial charge on any atom is -0.367 e. The van der Waals surface area contributed by atoms with E-state index in [1.165, 1.54) is 30.0 Å². The van der Waals surface area contributed by atoms with Crippen LogP contribution in [0, 0.1) is 11.8 Å². The molecule has 2 N–H and O–H groups in total. The number of nitrogens with one attached hydrogen (secondary N) is 2. The van der Waals surface area contributed by atoms with Crippen LogP contribution in [0.25, 0.3) is 5.65 Å². The first-order chi connectivity index (χ1) is 9.11. The lowest BCUT2D eigenvalue weighted by atomic mass is 9.80. The van der Waals surface area contributed by atoms with Gasteiger partial charge in [0.1, 0.15) is 12.1 Å². The van der Waals surface area contributed by atoms with Crippen LogP contribution in [0.2, 0.25) is 0 Å². The van der Waals surface area contributed by atoms with E-state index in [0.29, 0.717) is 11.7 Å². The molecule has 102 valence electrons. The number of aromatic nitrogens is 4. The van der Waals surface area contributed by atoms with Gasteiger partial charge in [0.2, 0.25) is 0 Å². The SMILES string of the molecule is CC1CC(C)CC(Nc2cc3n[nH]c(=O)n3cn2)C1. The molecule has 2 aromatic rings. The predicted molar refractivity (Wildman–Crippen MR) is 73.2 cm³/mol. The minimum absolute atomic E-state index is 0.256. The molecule has 6 nitrogen and oxygen atoms in total. The predicted octanol–water partition coefficient (Wildman–Crippen LogP) is 1.65. The fourth-order valence-corrected chi connectivity index (χ4v) is 3.16. The van der Waals surface area contributed by atoms with Crippen LogP contribution in [-0.4, -0.2) is 25.6 Å². The van der Waals surface area contributed by atoms with Crippen molar-refractivity contribution in [3.63, 3.8) is 0 Å². The van der Waals surface area contributed by atoms with E-state index in [1.54, 1.807) is 0 Å². The van der Waals surface area contributed by atoms with Crippen LogP contribution in [0.1, 0.15) is 33.1 Å². The number of aromatic amines is 1. The molecule has 1 aliphatic rings. The molecule has 0 aliphatic heterocycles. The maximum absolute atomic E-state index is 11.4. The summed E-state index contributed by atoms with van der Waals surface area (Å²) in [5.74, 6) is 2.29. The molecule has 1 aliphatic carbocycles. The summed E-state index contributed by atoms with van der Waals surface area (Å²) < 4.78 is 1.40. The molecule has 2 aromatic heterocycles. The summed E-state index contributed by atoms with van der Waals surface area (Å²) in [7, 11) is 0. The van der Waals surface area contributed by atoms with E-state index in [-0.39, 0.29) is 5.69 Å². The molecule has 0 aromatic carbocycles. The largest absolute Gasteiger partial charge is 0.367 e. The highest BCUT2D eigenvalue weighted by molar-refractivity contribution is 5.48. The first kappa shape index (κ1) is 12.2. The number of hydrogen-bond acceptors (Lipinski definition) is 4. The molecule has 0 bridgehead atoms. The Labute approximate surface area is 111 Å². The molecule has 0 spiro atoms. The molecule has 6 heteroatoms. The normalized spacial score (nSPS) is 27.6. The molecule has 19 heavy (non-hydrogen) atoms. The third kappa shape index (κ3) is 2.47. The van der Waals surface area contributed by atoms with Crippen molar-refractivity contribution in [3.8, 4) is 0 Å². The average molecular weight is 261 g/mol. The Morgan fingerprint density at radius 1 is 1.32 bits per heavy atom. The molecule has 2 unspecified atom stereocenters. The molecular formula is C13H19N5O. The Bertz CT molecular complexity index is 621. The molecule has 2 heterocycles. The zero-order chi connectivity index (χ0) is 13.4. The Morgan fingerprint density at radius 3 is 2.79 bits per heavy atom. The molecule has 0 saturated heterocycles. The third-order valence-electron chi connectivity index (χ3n) is 3.84. The number of rotatable bonds is 2. The Hall–Kier alpha value is -1.85. The minimum atomic E-state index is -0.256. The van der Waals surface area contributed by atoms with Crippen LogP contribution in [0.15, 0.2) is 17.2 Å². The van der Waals surface area contributed by atoms with Gasteiger partial charge >= 0.3 is 5.69 Å². The molecule has 1 fully saturated rings. The lowest BCUT2D eigenvalue weighted by Crippen LogP contribution is -2.30. The zero-order valence-electron chi connectivity index (χ0n) is 11.3. The van der Waals surface area contributed by atoms with Gasteiger partial charge in [0.25, 0.3) is 0 Å². The third-order valence-corrected chi connectivity index (χ3v) is 3.84. The Kier molecular flexibility index (Phi) is 3.00. The van der Waals surface area contributed by atoms with Gasteiger partial charge in [-0.2, -0.15) is 5.10 Å². The molecule has 2 atom stereocenters. The number of hydrogen-bond donors (Lipinski definition) is 2. The van der Waals surface area contributed by atoms with Gasteiger partial charge < -0.3 is 5.32 Å². The summed E-state index contributed by atoms with van der Waals surface area (Å²) in [6, 6.07) is 2.27. The quantitative estimate of drug-likeness (QED) is 0.862. The molecule has 1 saturated carbocycles. The standard InChI is InChI=1S/C13H19N5O/c1-8-3-9(2)5-10(4-8)15-11-6-12-16-17-13(19)18(12)7-14-11/h6-10,15H,3-5H2,1-2H3,(H,17,19). The van der Waals surface area contributed by atoms with Crippen molar-refractivity contribution in [2.75, 3.05) is 5.32 Å². The van der Waals surface area contributed by atoms with Crippen LogP contribution in [0.4, 0.5) is 5.82 Å². The highest BCUT2D eigenvalue weighted by atomic mass is 16.1. The summed E-state index contributed by atoms with van der Waals surface area (Å²) in [5.41, 5.74) is 0.341. The van der Waals surface area contributed by atoms with E-state index < -0.39 is 0 Å². The smallest absolute Gasteiger partial charge is 0.348 e. The lowest BCUT2D eigenvalue weighted by molar-refractivity contribution is 0.280. The number of H-pyrrole nitrogens is 1. The first-order valence-corrected chi connectivity index (χ1v) is 6.81. The van der Waals surface area contributed by atoms with Gasteiger partial charge in [0, 0.05) is 12.1 Å². The summed E-state index contributed by atoms with van der Waals surface area (Å²) >= 11 is 0. The summed E-state index contributed by atoms with van der Waals surface area (Å²) in [6.07, 6.45) is 5.16.